The van der Waals surface area contributed by atoms with E-state index in [9.17, 15) is 0 Å². The van der Waals surface area contributed by atoms with Gasteiger partial charge in [-0.2, -0.15) is 0 Å². The number of allylic oxidation sites excluding steroid dienone is 9. The predicted molar refractivity (Wildman–Crippen MR) is 224 cm³/mol. The van der Waals surface area contributed by atoms with Crippen molar-refractivity contribution in [2.45, 2.75) is 98.3 Å². The molecule has 4 aromatic carbocycles. The summed E-state index contributed by atoms with van der Waals surface area (Å²) in [5.74, 6) is 0.279. The summed E-state index contributed by atoms with van der Waals surface area (Å²) in [5.41, 5.74) is 19.6. The Morgan fingerprint density at radius 3 is 2.33 bits per heavy atom. The molecule has 1 atom stereocenters. The van der Waals surface area contributed by atoms with Crippen LogP contribution >= 0.6 is 0 Å². The lowest BCUT2D eigenvalue weighted by molar-refractivity contribution is 0.607. The molecule has 0 aromatic heterocycles. The van der Waals surface area contributed by atoms with Crippen LogP contribution in [0.25, 0.3) is 46.1 Å². The molecule has 0 saturated heterocycles. The zero-order valence-electron chi connectivity index (χ0n) is 32.2. The highest BCUT2D eigenvalue weighted by Crippen LogP contribution is 2.51. The SMILES string of the molecule is CC.CC/C=c1/c2c(cc/c1=C/C=C(\C)c1ccc3c(c1)C(C)(C)C1=C3C=CCC1)C=CC(c1ccc3c(c1)C(C)(C)c1ccccc1-3)=CC2C. The Kier molecular flexibility index (Phi) is 9.17. The zero-order valence-corrected chi connectivity index (χ0v) is 32.2. The predicted octanol–water partition coefficient (Wildman–Crippen LogP) is 12.7. The molecule has 0 amide bonds. The Labute approximate surface area is 307 Å². The van der Waals surface area contributed by atoms with E-state index in [0.717, 1.165) is 12.8 Å². The quantitative estimate of drug-likeness (QED) is 0.203. The number of rotatable bonds is 4. The Morgan fingerprint density at radius 2 is 1.53 bits per heavy atom. The van der Waals surface area contributed by atoms with E-state index in [0.29, 0.717) is 0 Å². The maximum atomic E-state index is 2.48. The van der Waals surface area contributed by atoms with Crippen molar-refractivity contribution in [2.75, 3.05) is 0 Å². The standard InChI is InChI=1S/C49H48.C2H6/c1-8-13-38-33(19-18-31(2)35-24-26-41-39-14-9-11-16-43(39)48(4,5)45(41)29-35)20-21-34-22-23-36(28-32(3)47(34)38)37-25-27-42-40-15-10-12-17-44(40)49(6,7)46(42)30-37;1-2/h9-10,12-15,17-30,32H,8,11,16H2,1-7H3;1-2H3/b31-18+,33-19-,38-13+;. The van der Waals surface area contributed by atoms with E-state index in [-0.39, 0.29) is 16.7 Å². The Hall–Kier alpha value is -4.68. The van der Waals surface area contributed by atoms with Crippen LogP contribution in [0.4, 0.5) is 0 Å². The molecule has 0 nitrogen and oxygen atoms in total. The molecule has 0 spiro atoms. The molecule has 0 radical (unpaired) electrons. The van der Waals surface area contributed by atoms with E-state index >= 15 is 0 Å². The van der Waals surface area contributed by atoms with Crippen LogP contribution in [0.3, 0.4) is 0 Å². The van der Waals surface area contributed by atoms with Gasteiger partial charge in [-0.1, -0.05) is 176 Å². The molecule has 0 saturated carbocycles. The van der Waals surface area contributed by atoms with Crippen molar-refractivity contribution >= 4 is 34.9 Å². The summed E-state index contributed by atoms with van der Waals surface area (Å²) in [6, 6.07) is 27.8. The molecular formula is C51H54. The first-order chi connectivity index (χ1) is 24.6. The third kappa shape index (κ3) is 5.78. The molecule has 51 heavy (non-hydrogen) atoms. The average Bonchev–Trinajstić information content (AvgIpc) is 3.42. The summed E-state index contributed by atoms with van der Waals surface area (Å²) in [4.78, 5) is 0. The summed E-state index contributed by atoms with van der Waals surface area (Å²) >= 11 is 0. The molecule has 4 aliphatic rings. The van der Waals surface area contributed by atoms with Gasteiger partial charge in [0.05, 0.1) is 0 Å². The third-order valence-electron chi connectivity index (χ3n) is 11.9. The van der Waals surface area contributed by atoms with Crippen LogP contribution < -0.4 is 10.4 Å². The van der Waals surface area contributed by atoms with Crippen molar-refractivity contribution in [1.29, 1.82) is 0 Å². The lowest BCUT2D eigenvalue weighted by atomic mass is 9.78. The van der Waals surface area contributed by atoms with Gasteiger partial charge in [-0.3, -0.25) is 0 Å². The topological polar surface area (TPSA) is 0 Å². The van der Waals surface area contributed by atoms with Crippen LogP contribution in [0.2, 0.25) is 0 Å². The minimum Gasteiger partial charge on any atom is -0.0836 e. The normalized spacial score (nSPS) is 19.7. The van der Waals surface area contributed by atoms with Gasteiger partial charge in [-0.25, -0.2) is 0 Å². The van der Waals surface area contributed by atoms with Crippen LogP contribution in [0.1, 0.15) is 132 Å². The minimum atomic E-state index is -0.00515. The van der Waals surface area contributed by atoms with Crippen LogP contribution in [0.5, 0.6) is 0 Å². The molecule has 4 aromatic rings. The van der Waals surface area contributed by atoms with Crippen molar-refractivity contribution in [2.24, 2.45) is 0 Å². The second-order valence-corrected chi connectivity index (χ2v) is 15.6. The van der Waals surface area contributed by atoms with E-state index in [2.05, 4.69) is 170 Å². The van der Waals surface area contributed by atoms with E-state index < -0.39 is 0 Å². The Bertz CT molecular complexity index is 2320. The fourth-order valence-corrected chi connectivity index (χ4v) is 9.15. The third-order valence-corrected chi connectivity index (χ3v) is 11.9. The minimum absolute atomic E-state index is 0.00515. The van der Waals surface area contributed by atoms with Gasteiger partial charge in [0.2, 0.25) is 0 Å². The molecule has 0 heterocycles. The van der Waals surface area contributed by atoms with Gasteiger partial charge in [-0.05, 0) is 115 Å². The number of benzene rings is 4. The maximum Gasteiger partial charge on any atom is 0.0159 e. The molecule has 0 heteroatoms. The molecule has 258 valence electrons. The smallest absolute Gasteiger partial charge is 0.0159 e. The molecular weight excluding hydrogens is 613 g/mol. The van der Waals surface area contributed by atoms with E-state index in [1.54, 1.807) is 5.57 Å². The monoisotopic (exact) mass is 666 g/mol. The van der Waals surface area contributed by atoms with Crippen molar-refractivity contribution in [3.8, 4) is 11.1 Å². The molecule has 0 N–H and O–H groups in total. The zero-order chi connectivity index (χ0) is 36.1. The van der Waals surface area contributed by atoms with E-state index in [4.69, 9.17) is 0 Å². The van der Waals surface area contributed by atoms with Gasteiger partial charge >= 0.3 is 0 Å². The number of hydrogen-bond acceptors (Lipinski definition) is 0. The fraction of sp³-hybridized carbons (Fsp3) is 0.294. The highest BCUT2D eigenvalue weighted by atomic mass is 14.4. The Morgan fingerprint density at radius 1 is 0.784 bits per heavy atom. The first-order valence-corrected chi connectivity index (χ1v) is 19.3. The van der Waals surface area contributed by atoms with Crippen molar-refractivity contribution in [3.05, 3.63) is 164 Å². The second kappa shape index (κ2) is 13.5. The van der Waals surface area contributed by atoms with Crippen molar-refractivity contribution < 1.29 is 0 Å². The van der Waals surface area contributed by atoms with Gasteiger partial charge in [-0.15, -0.1) is 0 Å². The first kappa shape index (κ1) is 34.8. The van der Waals surface area contributed by atoms with Gasteiger partial charge in [0.1, 0.15) is 0 Å². The molecule has 4 aliphatic carbocycles. The molecule has 0 bridgehead atoms. The molecule has 0 aliphatic heterocycles. The van der Waals surface area contributed by atoms with Gasteiger partial charge in [0, 0.05) is 16.7 Å². The highest BCUT2D eigenvalue weighted by Gasteiger charge is 2.37. The Balaban J connectivity index is 0.00000200. The van der Waals surface area contributed by atoms with Crippen LogP contribution in [0.15, 0.2) is 109 Å². The van der Waals surface area contributed by atoms with Crippen LogP contribution in [-0.4, -0.2) is 0 Å². The lowest BCUT2D eigenvalue weighted by Crippen LogP contribution is -2.30. The number of fused-ring (bicyclic) bond motifs is 6. The van der Waals surface area contributed by atoms with Gasteiger partial charge in [0.15, 0.2) is 0 Å². The largest absolute Gasteiger partial charge is 0.0836 e. The average molecular weight is 667 g/mol. The van der Waals surface area contributed by atoms with Crippen molar-refractivity contribution in [3.63, 3.8) is 0 Å². The molecule has 1 unspecified atom stereocenters. The number of hydrogen-bond donors (Lipinski definition) is 0. The second-order valence-electron chi connectivity index (χ2n) is 15.6. The van der Waals surface area contributed by atoms with E-state index in [1.165, 1.54) is 89.2 Å². The van der Waals surface area contributed by atoms with Crippen LogP contribution in [0, 0.1) is 0 Å². The summed E-state index contributed by atoms with van der Waals surface area (Å²) in [6.07, 6.45) is 22.3. The fourth-order valence-electron chi connectivity index (χ4n) is 9.15. The van der Waals surface area contributed by atoms with Crippen LogP contribution in [-0.2, 0) is 10.8 Å². The highest BCUT2D eigenvalue weighted by molar-refractivity contribution is 5.89. The maximum absolute atomic E-state index is 2.48. The summed E-state index contributed by atoms with van der Waals surface area (Å²) < 4.78 is 0. The lowest BCUT2D eigenvalue weighted by Gasteiger charge is -2.26. The van der Waals surface area contributed by atoms with Crippen molar-refractivity contribution in [1.82, 2.24) is 0 Å². The first-order valence-electron chi connectivity index (χ1n) is 19.3. The van der Waals surface area contributed by atoms with E-state index in [1.807, 2.05) is 13.8 Å². The summed E-state index contributed by atoms with van der Waals surface area (Å²) in [5, 5.41) is 2.65. The summed E-state index contributed by atoms with van der Waals surface area (Å²) in [6.45, 7) is 20.4. The van der Waals surface area contributed by atoms with Gasteiger partial charge in [0.25, 0.3) is 0 Å². The summed E-state index contributed by atoms with van der Waals surface area (Å²) in [7, 11) is 0. The molecule has 8 rings (SSSR count). The molecule has 0 fully saturated rings. The van der Waals surface area contributed by atoms with Gasteiger partial charge < -0.3 is 0 Å².